The third-order valence-corrected chi connectivity index (χ3v) is 8.72. The molecule has 0 saturated heterocycles. The maximum Gasteiger partial charge on any atom is 0.323 e. The van der Waals surface area contributed by atoms with Crippen LogP contribution in [0.4, 0.5) is 16.2 Å². The van der Waals surface area contributed by atoms with E-state index in [-0.39, 0.29) is 17.4 Å². The number of aromatic amines is 1. The van der Waals surface area contributed by atoms with Crippen molar-refractivity contribution < 1.29 is 23.9 Å². The summed E-state index contributed by atoms with van der Waals surface area (Å²) in [6, 6.07) is 17.2. The van der Waals surface area contributed by atoms with Crippen LogP contribution in [0, 0.1) is 0 Å². The molecule has 46 heavy (non-hydrogen) atoms. The number of hydrogen-bond donors (Lipinski definition) is 4. The van der Waals surface area contributed by atoms with Gasteiger partial charge in [-0.1, -0.05) is 19.3 Å². The predicted molar refractivity (Wildman–Crippen MR) is 180 cm³/mol. The van der Waals surface area contributed by atoms with Crippen LogP contribution < -0.4 is 25.4 Å². The van der Waals surface area contributed by atoms with E-state index < -0.39 is 6.03 Å². The molecule has 1 saturated carbocycles. The second-order valence-corrected chi connectivity index (χ2v) is 11.8. The number of carbonyl (C=O) groups is 3. The number of aromatic nitrogens is 1. The number of likely N-dealkylation sites (N-methyl/N-ethyl adjacent to an activating group) is 2. The summed E-state index contributed by atoms with van der Waals surface area (Å²) >= 11 is 0. The van der Waals surface area contributed by atoms with Crippen LogP contribution in [0.5, 0.6) is 11.5 Å². The normalized spacial score (nSPS) is 15.5. The molecule has 4 aromatic rings. The number of rotatable bonds is 9. The third kappa shape index (κ3) is 6.48. The molecule has 2 aliphatic rings. The minimum Gasteiger partial charge on any atom is -0.497 e. The number of nitrogens with zero attached hydrogens (tertiary/aromatic N) is 1. The van der Waals surface area contributed by atoms with Gasteiger partial charge in [0.2, 0.25) is 5.78 Å². The van der Waals surface area contributed by atoms with Crippen molar-refractivity contribution >= 4 is 46.1 Å². The zero-order valence-electron chi connectivity index (χ0n) is 26.4. The minimum absolute atomic E-state index is 0.0978. The summed E-state index contributed by atoms with van der Waals surface area (Å²) in [6.07, 6.45) is 7.66. The van der Waals surface area contributed by atoms with Crippen LogP contribution in [0.25, 0.3) is 17.0 Å². The first-order valence-corrected chi connectivity index (χ1v) is 15.7. The summed E-state index contributed by atoms with van der Waals surface area (Å²) in [4.78, 5) is 44.2. The predicted octanol–water partition coefficient (Wildman–Crippen LogP) is 6.78. The van der Waals surface area contributed by atoms with E-state index in [9.17, 15) is 14.4 Å². The Bertz CT molecular complexity index is 1800. The molecule has 1 aliphatic carbocycles. The zero-order valence-corrected chi connectivity index (χ0v) is 26.4. The number of carbonyl (C=O) groups excluding carboxylic acids is 3. The van der Waals surface area contributed by atoms with Crippen molar-refractivity contribution in [2.24, 2.45) is 0 Å². The Hall–Kier alpha value is -5.09. The second kappa shape index (κ2) is 13.5. The zero-order chi connectivity index (χ0) is 32.2. The minimum atomic E-state index is -0.475. The van der Waals surface area contributed by atoms with E-state index in [1.165, 1.54) is 19.3 Å². The standard InChI is InChI=1S/C36H39N5O5/c1-37-17-18-41(2)35(43)23-9-11-24(12-10-23)38-36(44)39-25-13-16-31-29(19-25)34(42)32(46-31)21-28-27-20-26(45-3)14-15-30(27)40-33(28)22-7-5-4-6-8-22/h9-16,19-22,37,40H,4-8,17-18H2,1-3H3,(H2,38,39,44)/b32-21-. The Morgan fingerprint density at radius 2 is 1.74 bits per heavy atom. The number of fused-ring (bicyclic) bond motifs is 2. The van der Waals surface area contributed by atoms with Crippen molar-refractivity contribution in [1.29, 1.82) is 0 Å². The lowest BCUT2D eigenvalue weighted by molar-refractivity contribution is 0.0796. The summed E-state index contributed by atoms with van der Waals surface area (Å²) < 4.78 is 11.6. The number of hydrogen-bond acceptors (Lipinski definition) is 6. The number of amides is 3. The number of anilines is 2. The number of Topliss-reactive ketones (excluding diaryl/α,β-unsaturated/α-hetero) is 1. The van der Waals surface area contributed by atoms with Gasteiger partial charge in [-0.15, -0.1) is 0 Å². The Kier molecular flexibility index (Phi) is 9.07. The van der Waals surface area contributed by atoms with E-state index in [2.05, 4.69) is 20.9 Å². The van der Waals surface area contributed by atoms with Gasteiger partial charge in [0.05, 0.1) is 12.7 Å². The lowest BCUT2D eigenvalue weighted by Gasteiger charge is -2.21. The van der Waals surface area contributed by atoms with Gasteiger partial charge in [-0.05, 0) is 92.5 Å². The van der Waals surface area contributed by atoms with Crippen molar-refractivity contribution in [3.8, 4) is 11.5 Å². The second-order valence-electron chi connectivity index (χ2n) is 11.8. The molecule has 238 valence electrons. The highest BCUT2D eigenvalue weighted by Gasteiger charge is 2.30. The maximum atomic E-state index is 13.6. The van der Waals surface area contributed by atoms with Crippen LogP contribution in [0.1, 0.15) is 70.0 Å². The van der Waals surface area contributed by atoms with E-state index in [0.29, 0.717) is 47.3 Å². The summed E-state index contributed by atoms with van der Waals surface area (Å²) in [5.41, 5.74) is 4.96. The molecule has 0 radical (unpaired) electrons. The fourth-order valence-electron chi connectivity index (χ4n) is 6.20. The number of allylic oxidation sites excluding steroid dienone is 1. The van der Waals surface area contributed by atoms with Gasteiger partial charge in [0.25, 0.3) is 5.91 Å². The summed E-state index contributed by atoms with van der Waals surface area (Å²) in [5.74, 6) is 1.47. The maximum absolute atomic E-state index is 13.6. The van der Waals surface area contributed by atoms with Crippen molar-refractivity contribution in [3.05, 3.63) is 88.8 Å². The van der Waals surface area contributed by atoms with Crippen molar-refractivity contribution in [2.45, 2.75) is 38.0 Å². The van der Waals surface area contributed by atoms with Gasteiger partial charge in [-0.2, -0.15) is 0 Å². The third-order valence-electron chi connectivity index (χ3n) is 8.72. The monoisotopic (exact) mass is 621 g/mol. The highest BCUT2D eigenvalue weighted by atomic mass is 16.5. The highest BCUT2D eigenvalue weighted by molar-refractivity contribution is 6.16. The number of H-pyrrole nitrogens is 1. The number of methoxy groups -OCH3 is 1. The molecule has 1 aliphatic heterocycles. The lowest BCUT2D eigenvalue weighted by atomic mass is 9.85. The molecule has 0 spiro atoms. The quantitative estimate of drug-likeness (QED) is 0.153. The van der Waals surface area contributed by atoms with Gasteiger partial charge in [0.1, 0.15) is 11.5 Å². The van der Waals surface area contributed by atoms with Gasteiger partial charge >= 0.3 is 6.03 Å². The van der Waals surface area contributed by atoms with Crippen molar-refractivity contribution in [1.82, 2.24) is 15.2 Å². The van der Waals surface area contributed by atoms with E-state index in [1.54, 1.807) is 61.5 Å². The van der Waals surface area contributed by atoms with Crippen LogP contribution in [0.3, 0.4) is 0 Å². The Morgan fingerprint density at radius 1 is 1.00 bits per heavy atom. The average molecular weight is 622 g/mol. The summed E-state index contributed by atoms with van der Waals surface area (Å²) in [7, 11) is 5.23. The van der Waals surface area contributed by atoms with Gasteiger partial charge in [0, 0.05) is 59.2 Å². The van der Waals surface area contributed by atoms with Gasteiger partial charge in [-0.25, -0.2) is 4.79 Å². The number of ketones is 1. The summed E-state index contributed by atoms with van der Waals surface area (Å²) in [5, 5.41) is 9.57. The number of nitrogens with one attached hydrogen (secondary N) is 4. The fraction of sp³-hybridized carbons (Fsp3) is 0.306. The molecule has 4 N–H and O–H groups in total. The summed E-state index contributed by atoms with van der Waals surface area (Å²) in [6.45, 7) is 1.28. The molecular formula is C36H39N5O5. The van der Waals surface area contributed by atoms with Crippen molar-refractivity contribution in [2.75, 3.05) is 44.9 Å². The van der Waals surface area contributed by atoms with E-state index >= 15 is 0 Å². The molecule has 3 aromatic carbocycles. The first-order valence-electron chi connectivity index (χ1n) is 15.7. The molecule has 3 amide bonds. The van der Waals surface area contributed by atoms with E-state index in [1.807, 2.05) is 31.3 Å². The topological polar surface area (TPSA) is 125 Å². The molecule has 1 fully saturated rings. The Morgan fingerprint density at radius 3 is 2.48 bits per heavy atom. The van der Waals surface area contributed by atoms with Gasteiger partial charge in [0.15, 0.2) is 5.76 Å². The molecule has 6 rings (SSSR count). The number of ether oxygens (including phenoxy) is 2. The first kappa shape index (κ1) is 30.9. The molecule has 0 unspecified atom stereocenters. The van der Waals surface area contributed by atoms with Crippen LogP contribution >= 0.6 is 0 Å². The number of benzene rings is 3. The Balaban J connectivity index is 1.17. The Labute approximate surface area is 268 Å². The molecule has 2 heterocycles. The molecule has 10 nitrogen and oxygen atoms in total. The molecule has 0 bridgehead atoms. The van der Waals surface area contributed by atoms with Crippen molar-refractivity contribution in [3.63, 3.8) is 0 Å². The van der Waals surface area contributed by atoms with Crippen LogP contribution in [0.15, 0.2) is 66.4 Å². The lowest BCUT2D eigenvalue weighted by Crippen LogP contribution is -2.32. The highest BCUT2D eigenvalue weighted by Crippen LogP contribution is 2.40. The van der Waals surface area contributed by atoms with E-state index in [4.69, 9.17) is 9.47 Å². The molecule has 0 atom stereocenters. The fourth-order valence-corrected chi connectivity index (χ4v) is 6.20. The largest absolute Gasteiger partial charge is 0.497 e. The smallest absolute Gasteiger partial charge is 0.323 e. The van der Waals surface area contributed by atoms with Crippen LogP contribution in [-0.2, 0) is 0 Å². The number of urea groups is 1. The van der Waals surface area contributed by atoms with Crippen LogP contribution in [-0.4, -0.2) is 61.9 Å². The molecular weight excluding hydrogens is 582 g/mol. The van der Waals surface area contributed by atoms with Gasteiger partial charge < -0.3 is 35.3 Å². The van der Waals surface area contributed by atoms with E-state index in [0.717, 1.165) is 40.8 Å². The van der Waals surface area contributed by atoms with Gasteiger partial charge in [-0.3, -0.25) is 9.59 Å². The first-order chi connectivity index (χ1) is 22.3. The average Bonchev–Trinajstić information content (AvgIpc) is 3.60. The SMILES string of the molecule is CNCCN(C)C(=O)c1ccc(NC(=O)Nc2ccc3c(c2)C(=O)/C(=C/c2c(C4CCCCC4)[nH]c4ccc(OC)cc24)O3)cc1. The van der Waals surface area contributed by atoms with Crippen LogP contribution in [0.2, 0.25) is 0 Å². The molecule has 10 heteroatoms. The molecule has 1 aromatic heterocycles.